The van der Waals surface area contributed by atoms with Gasteiger partial charge >= 0.3 is 0 Å². The fraction of sp³-hybridized carbons (Fsp3) is 0.667. The minimum Gasteiger partial charge on any atom is -0.247 e. The van der Waals surface area contributed by atoms with E-state index in [2.05, 4.69) is 13.2 Å². The number of rotatable bonds is 7. The van der Waals surface area contributed by atoms with Crippen LogP contribution < -0.4 is 0 Å². The first kappa shape index (κ1) is 13.3. The molecule has 0 heterocycles. The van der Waals surface area contributed by atoms with Gasteiger partial charge in [0, 0.05) is 6.42 Å². The van der Waals surface area contributed by atoms with Gasteiger partial charge in [-0.05, 0) is 33.1 Å². The molecule has 0 bridgehead atoms. The molecule has 0 radical (unpaired) electrons. The van der Waals surface area contributed by atoms with Crippen LogP contribution in [0, 0.1) is 0 Å². The molecule has 0 amide bonds. The molecular weight excluding hydrogens is 182 g/mol. The van der Waals surface area contributed by atoms with Gasteiger partial charge in [-0.3, -0.25) is 0 Å². The van der Waals surface area contributed by atoms with Gasteiger partial charge in [0.15, 0.2) is 0 Å². The monoisotopic (exact) mass is 202 g/mol. The summed E-state index contributed by atoms with van der Waals surface area (Å²) < 4.78 is 26.3. The van der Waals surface area contributed by atoms with Crippen molar-refractivity contribution >= 4 is 0 Å². The van der Waals surface area contributed by atoms with Gasteiger partial charge in [0.25, 0.3) is 0 Å². The minimum absolute atomic E-state index is 0.0138. The minimum atomic E-state index is -1.09. The average molecular weight is 202 g/mol. The van der Waals surface area contributed by atoms with Crippen LogP contribution in [0.1, 0.15) is 39.5 Å². The maximum absolute atomic E-state index is 13.2. The molecule has 0 nitrogen and oxygen atoms in total. The highest BCUT2D eigenvalue weighted by Crippen LogP contribution is 2.18. The molecule has 82 valence electrons. The van der Waals surface area contributed by atoms with Crippen molar-refractivity contribution < 1.29 is 8.78 Å². The third kappa shape index (κ3) is 7.96. The molecule has 0 fully saturated rings. The Bertz CT molecular complexity index is 196. The molecule has 0 rings (SSSR count). The van der Waals surface area contributed by atoms with Crippen LogP contribution in [0.3, 0.4) is 0 Å². The van der Waals surface area contributed by atoms with Crippen molar-refractivity contribution in [2.24, 2.45) is 0 Å². The number of alkyl halides is 2. The summed E-state index contributed by atoms with van der Waals surface area (Å²) in [6.45, 7) is 10.9. The molecule has 0 aromatic rings. The van der Waals surface area contributed by atoms with Crippen LogP contribution in [-0.2, 0) is 0 Å². The van der Waals surface area contributed by atoms with Crippen molar-refractivity contribution in [1.82, 2.24) is 0 Å². The van der Waals surface area contributed by atoms with Gasteiger partial charge in [0.2, 0.25) is 0 Å². The number of halogens is 2. The van der Waals surface area contributed by atoms with Crippen molar-refractivity contribution in [3.8, 4) is 0 Å². The maximum atomic E-state index is 13.2. The summed E-state index contributed by atoms with van der Waals surface area (Å²) in [6, 6.07) is 0. The predicted octanol–water partition coefficient (Wildman–Crippen LogP) is 4.38. The van der Waals surface area contributed by atoms with E-state index in [0.29, 0.717) is 12.8 Å². The Morgan fingerprint density at radius 2 is 1.64 bits per heavy atom. The first-order chi connectivity index (χ1) is 6.41. The normalized spacial score (nSPS) is 14.9. The van der Waals surface area contributed by atoms with Crippen LogP contribution in [0.2, 0.25) is 0 Å². The van der Waals surface area contributed by atoms with Crippen LogP contribution >= 0.6 is 0 Å². The molecule has 0 aromatic heterocycles. The second-order valence-electron chi connectivity index (χ2n) is 4.09. The van der Waals surface area contributed by atoms with Crippen LogP contribution in [0.15, 0.2) is 24.3 Å². The zero-order valence-corrected chi connectivity index (χ0v) is 9.15. The molecule has 0 aliphatic carbocycles. The Morgan fingerprint density at radius 3 is 2.07 bits per heavy atom. The van der Waals surface area contributed by atoms with E-state index < -0.39 is 12.3 Å². The Balaban J connectivity index is 3.65. The first-order valence-electron chi connectivity index (χ1n) is 4.98. The molecule has 0 saturated carbocycles. The summed E-state index contributed by atoms with van der Waals surface area (Å²) in [5.41, 5.74) is 1.72. The van der Waals surface area contributed by atoms with Gasteiger partial charge in [0.1, 0.15) is 12.3 Å². The summed E-state index contributed by atoms with van der Waals surface area (Å²) in [7, 11) is 0. The number of hydrogen-bond donors (Lipinski definition) is 0. The lowest BCUT2D eigenvalue weighted by Gasteiger charge is -2.11. The van der Waals surface area contributed by atoms with Crippen molar-refractivity contribution in [3.05, 3.63) is 24.3 Å². The summed E-state index contributed by atoms with van der Waals surface area (Å²) >= 11 is 0. The van der Waals surface area contributed by atoms with Crippen LogP contribution in [-0.4, -0.2) is 12.3 Å². The summed E-state index contributed by atoms with van der Waals surface area (Å²) in [5.74, 6) is 0. The van der Waals surface area contributed by atoms with E-state index in [-0.39, 0.29) is 12.8 Å². The zero-order chi connectivity index (χ0) is 11.1. The van der Waals surface area contributed by atoms with Gasteiger partial charge < -0.3 is 0 Å². The summed E-state index contributed by atoms with van der Waals surface area (Å²) in [4.78, 5) is 0. The van der Waals surface area contributed by atoms with E-state index in [1.807, 2.05) is 6.92 Å². The molecule has 0 aliphatic rings. The van der Waals surface area contributed by atoms with Crippen molar-refractivity contribution in [1.29, 1.82) is 0 Å². The molecule has 0 spiro atoms. The molecule has 2 heteroatoms. The Labute approximate surface area is 85.7 Å². The van der Waals surface area contributed by atoms with E-state index >= 15 is 0 Å². The average Bonchev–Trinajstić information content (AvgIpc) is 1.98. The fourth-order valence-corrected chi connectivity index (χ4v) is 1.26. The molecule has 14 heavy (non-hydrogen) atoms. The third-order valence-electron chi connectivity index (χ3n) is 1.97. The highest BCUT2D eigenvalue weighted by Gasteiger charge is 2.14. The topological polar surface area (TPSA) is 0 Å². The lowest BCUT2D eigenvalue weighted by atomic mass is 10.0. The SMILES string of the molecule is C=C(C)CCC(F)CC(F)CC(=C)C. The second-order valence-corrected chi connectivity index (χ2v) is 4.09. The third-order valence-corrected chi connectivity index (χ3v) is 1.97. The Morgan fingerprint density at radius 1 is 1.07 bits per heavy atom. The van der Waals surface area contributed by atoms with Crippen LogP contribution in [0.4, 0.5) is 8.78 Å². The van der Waals surface area contributed by atoms with E-state index in [9.17, 15) is 8.78 Å². The summed E-state index contributed by atoms with van der Waals surface area (Å²) in [5, 5.41) is 0. The fourth-order valence-electron chi connectivity index (χ4n) is 1.26. The quantitative estimate of drug-likeness (QED) is 0.537. The molecule has 0 N–H and O–H groups in total. The van der Waals surface area contributed by atoms with E-state index in [1.54, 1.807) is 6.92 Å². The smallest absolute Gasteiger partial charge is 0.107 e. The highest BCUT2D eigenvalue weighted by molar-refractivity contribution is 4.92. The largest absolute Gasteiger partial charge is 0.247 e. The van der Waals surface area contributed by atoms with Gasteiger partial charge in [-0.15, -0.1) is 13.2 Å². The molecule has 2 atom stereocenters. The second kappa shape index (κ2) is 6.74. The standard InChI is InChI=1S/C12H20F2/c1-9(2)5-6-11(13)8-12(14)7-10(3)4/h11-12H,1,3,5-8H2,2,4H3. The molecular formula is C12H20F2. The lowest BCUT2D eigenvalue weighted by Crippen LogP contribution is -2.10. The van der Waals surface area contributed by atoms with Gasteiger partial charge in [-0.2, -0.15) is 0 Å². The van der Waals surface area contributed by atoms with E-state index in [1.165, 1.54) is 0 Å². The Kier molecular flexibility index (Phi) is 6.43. The predicted molar refractivity (Wildman–Crippen MR) is 57.9 cm³/mol. The van der Waals surface area contributed by atoms with Crippen molar-refractivity contribution in [2.75, 3.05) is 0 Å². The first-order valence-corrected chi connectivity index (χ1v) is 4.98. The van der Waals surface area contributed by atoms with Crippen LogP contribution in [0.5, 0.6) is 0 Å². The molecule has 2 unspecified atom stereocenters. The van der Waals surface area contributed by atoms with Crippen LogP contribution in [0.25, 0.3) is 0 Å². The maximum Gasteiger partial charge on any atom is 0.107 e. The van der Waals surface area contributed by atoms with Gasteiger partial charge in [-0.1, -0.05) is 11.1 Å². The number of hydrogen-bond acceptors (Lipinski definition) is 0. The highest BCUT2D eigenvalue weighted by atomic mass is 19.1. The van der Waals surface area contributed by atoms with Gasteiger partial charge in [0.05, 0.1) is 0 Å². The zero-order valence-electron chi connectivity index (χ0n) is 9.15. The van der Waals surface area contributed by atoms with Crippen molar-refractivity contribution in [2.45, 2.75) is 51.9 Å². The number of allylic oxidation sites excluding steroid dienone is 2. The summed E-state index contributed by atoms with van der Waals surface area (Å²) in [6.07, 6.45) is -0.866. The van der Waals surface area contributed by atoms with E-state index in [0.717, 1.165) is 11.1 Å². The molecule has 0 aromatic carbocycles. The van der Waals surface area contributed by atoms with Gasteiger partial charge in [-0.25, -0.2) is 8.78 Å². The van der Waals surface area contributed by atoms with E-state index in [4.69, 9.17) is 0 Å². The Hall–Kier alpha value is -0.660. The van der Waals surface area contributed by atoms with Crippen molar-refractivity contribution in [3.63, 3.8) is 0 Å². The lowest BCUT2D eigenvalue weighted by molar-refractivity contribution is 0.209. The molecule has 0 aliphatic heterocycles. The molecule has 0 saturated heterocycles.